The van der Waals surface area contributed by atoms with Gasteiger partial charge in [0.15, 0.2) is 5.75 Å². The van der Waals surface area contributed by atoms with Crippen LogP contribution in [-0.4, -0.2) is 39.5 Å². The van der Waals surface area contributed by atoms with Gasteiger partial charge >= 0.3 is 0 Å². The molecule has 0 saturated carbocycles. The molecule has 5 aromatic rings. The third-order valence-corrected chi connectivity index (χ3v) is 7.84. The van der Waals surface area contributed by atoms with Crippen molar-refractivity contribution in [3.05, 3.63) is 49.3 Å². The molecule has 0 spiro atoms. The number of phenolic OH excluding ortho intramolecular Hbond substituents is 1. The Morgan fingerprint density at radius 3 is 2.02 bits per heavy atom. The Kier molecular flexibility index (Phi) is 6.39. The molecule has 0 heterocycles. The van der Waals surface area contributed by atoms with Crippen LogP contribution in [0.1, 0.15) is 31.9 Å². The van der Waals surface area contributed by atoms with Crippen molar-refractivity contribution in [3.8, 4) is 23.0 Å². The quantitative estimate of drug-likeness (QED) is 0.101. The minimum Gasteiger partial charge on any atom is -0.507 e. The predicted molar refractivity (Wildman–Crippen MR) is 165 cm³/mol. The van der Waals surface area contributed by atoms with Gasteiger partial charge in [0.2, 0.25) is 10.9 Å². The molecule has 10 heteroatoms. The maximum atomic E-state index is 14.4. The molecule has 0 bridgehead atoms. The summed E-state index contributed by atoms with van der Waals surface area (Å²) < 4.78 is 17.5. The fraction of sp³-hybridized carbons (Fsp3) is 0.290. The van der Waals surface area contributed by atoms with Gasteiger partial charge < -0.3 is 30.2 Å². The Morgan fingerprint density at radius 2 is 1.39 bits per heavy atom. The molecule has 0 aromatic heterocycles. The molecule has 0 aliphatic heterocycles. The molecule has 212 valence electrons. The molecule has 6 rings (SSSR count). The lowest BCUT2D eigenvalue weighted by atomic mass is 9.83. The monoisotopic (exact) mass is 556 g/mol. The topological polar surface area (TPSA) is 130 Å². The fourth-order valence-electron chi connectivity index (χ4n) is 6.33. The van der Waals surface area contributed by atoms with Crippen LogP contribution in [0, 0.1) is 0 Å². The predicted octanol–water partition coefficient (Wildman–Crippen LogP) is 4.46. The first-order valence-electron chi connectivity index (χ1n) is 13.5. The van der Waals surface area contributed by atoms with Crippen LogP contribution in [0.4, 0.5) is 11.4 Å². The van der Waals surface area contributed by atoms with Crippen molar-refractivity contribution < 1.29 is 19.3 Å². The molecule has 1 aliphatic carbocycles. The zero-order valence-electron chi connectivity index (χ0n) is 23.8. The van der Waals surface area contributed by atoms with Crippen molar-refractivity contribution in [3.63, 3.8) is 0 Å². The number of allylic oxidation sites excluding steroid dienone is 1. The average molecular weight is 557 g/mol. The lowest BCUT2D eigenvalue weighted by molar-refractivity contribution is 0.406. The average Bonchev–Trinajstić information content (AvgIpc) is 3.11. The van der Waals surface area contributed by atoms with E-state index in [-0.39, 0.29) is 22.3 Å². The second-order valence-corrected chi connectivity index (χ2v) is 10.2. The van der Waals surface area contributed by atoms with Crippen molar-refractivity contribution in [2.75, 3.05) is 45.3 Å². The molecule has 10 nitrogen and oxygen atoms in total. The first-order valence-corrected chi connectivity index (χ1v) is 13.5. The molecule has 0 radical (unpaired) electrons. The van der Waals surface area contributed by atoms with Crippen molar-refractivity contribution in [1.29, 1.82) is 0 Å². The summed E-state index contributed by atoms with van der Waals surface area (Å²) >= 11 is 0. The Hall–Kier alpha value is -4.54. The zero-order chi connectivity index (χ0) is 29.2. The number of anilines is 2. The Bertz CT molecular complexity index is 2020. The Morgan fingerprint density at radius 1 is 0.756 bits per heavy atom. The van der Waals surface area contributed by atoms with Gasteiger partial charge in [-0.15, -0.1) is 0 Å². The highest BCUT2D eigenvalue weighted by Crippen LogP contribution is 2.54. The summed E-state index contributed by atoms with van der Waals surface area (Å²) in [5.74, 6) is 0.796. The molecule has 0 unspecified atom stereocenters. The van der Waals surface area contributed by atoms with E-state index in [1.54, 1.807) is 13.2 Å². The molecule has 41 heavy (non-hydrogen) atoms. The SMILES string of the molecule is CCNNc1c2c3c4c(c(OC)c(=O)c5c(O)cc(OC)c(c6c(OC)cc(NNCC)c(c1=O)c63)c54)CC(C)=C2. The van der Waals surface area contributed by atoms with Crippen LogP contribution in [0.15, 0.2) is 27.3 Å². The maximum absolute atomic E-state index is 14.4. The lowest BCUT2D eigenvalue weighted by Crippen LogP contribution is -2.27. The third-order valence-electron chi connectivity index (χ3n) is 7.84. The first-order chi connectivity index (χ1) is 19.8. The van der Waals surface area contributed by atoms with Crippen LogP contribution >= 0.6 is 0 Å². The molecule has 0 amide bonds. The van der Waals surface area contributed by atoms with Gasteiger partial charge in [0, 0.05) is 63.3 Å². The normalized spacial score (nSPS) is 12.9. The number of phenols is 1. The summed E-state index contributed by atoms with van der Waals surface area (Å²) in [7, 11) is 4.54. The van der Waals surface area contributed by atoms with Crippen molar-refractivity contribution >= 4 is 60.5 Å². The number of hydrogen-bond acceptors (Lipinski definition) is 10. The number of hydrogen-bond donors (Lipinski definition) is 5. The summed E-state index contributed by atoms with van der Waals surface area (Å²) in [6.45, 7) is 7.04. The van der Waals surface area contributed by atoms with Crippen LogP contribution in [-0.2, 0) is 6.42 Å². The number of ether oxygens (including phenoxy) is 3. The Labute approximate surface area is 235 Å². The van der Waals surface area contributed by atoms with E-state index >= 15 is 0 Å². The molecular weight excluding hydrogens is 524 g/mol. The highest BCUT2D eigenvalue weighted by molar-refractivity contribution is 6.39. The molecular formula is C31H32N4O6. The number of fused-ring (bicyclic) bond motifs is 1. The summed E-state index contributed by atoms with van der Waals surface area (Å²) in [6.07, 6.45) is 2.39. The summed E-state index contributed by atoms with van der Waals surface area (Å²) in [5, 5.41) is 15.7. The van der Waals surface area contributed by atoms with E-state index in [0.717, 1.165) is 16.3 Å². The highest BCUT2D eigenvalue weighted by atomic mass is 16.5. The van der Waals surface area contributed by atoms with Crippen LogP contribution in [0.2, 0.25) is 0 Å². The number of benzene rings is 5. The van der Waals surface area contributed by atoms with Gasteiger partial charge in [-0.1, -0.05) is 25.5 Å². The van der Waals surface area contributed by atoms with Crippen molar-refractivity contribution in [2.24, 2.45) is 0 Å². The number of rotatable bonds is 9. The van der Waals surface area contributed by atoms with Crippen molar-refractivity contribution in [2.45, 2.75) is 27.2 Å². The van der Waals surface area contributed by atoms with Crippen LogP contribution < -0.4 is 46.8 Å². The zero-order valence-corrected chi connectivity index (χ0v) is 23.8. The van der Waals surface area contributed by atoms with Gasteiger partial charge in [0.1, 0.15) is 22.9 Å². The Balaban J connectivity index is 2.08. The minimum atomic E-state index is -0.408. The van der Waals surface area contributed by atoms with E-state index in [1.807, 2.05) is 26.8 Å². The second-order valence-electron chi connectivity index (χ2n) is 10.2. The standard InChI is InChI=1S/C31H32N4O6/c1-7-32-34-16-11-18(39-4)24-25-19(40-5)12-17(36)23-27(25)21-15(31(41-6)30(23)38)10-13(3)9-14-20(21)26(24)22(16)29(37)28(14)35-33-8-2/h9,11-12,32-36H,7-8,10H2,1-6H3. The number of nitrogens with one attached hydrogen (secondary N) is 4. The van der Waals surface area contributed by atoms with Crippen LogP contribution in [0.3, 0.4) is 0 Å². The molecule has 5 N–H and O–H groups in total. The van der Waals surface area contributed by atoms with Gasteiger partial charge in [0.25, 0.3) is 0 Å². The third kappa shape index (κ3) is 3.57. The fourth-order valence-corrected chi connectivity index (χ4v) is 6.33. The van der Waals surface area contributed by atoms with Crippen molar-refractivity contribution in [1.82, 2.24) is 10.9 Å². The number of aromatic hydroxyl groups is 1. The first kappa shape index (κ1) is 26.7. The molecule has 0 saturated heterocycles. The number of hydrazine groups is 2. The minimum absolute atomic E-state index is 0.130. The smallest absolute Gasteiger partial charge is 0.232 e. The molecule has 0 fully saturated rings. The lowest BCUT2D eigenvalue weighted by Gasteiger charge is -2.24. The molecule has 5 aromatic carbocycles. The summed E-state index contributed by atoms with van der Waals surface area (Å²) in [5.41, 5.74) is 15.2. The highest BCUT2D eigenvalue weighted by Gasteiger charge is 2.32. The van der Waals surface area contributed by atoms with E-state index < -0.39 is 5.43 Å². The van der Waals surface area contributed by atoms with Gasteiger partial charge in [0.05, 0.1) is 37.8 Å². The van der Waals surface area contributed by atoms with Gasteiger partial charge in [-0.3, -0.25) is 9.59 Å². The van der Waals surface area contributed by atoms with Gasteiger partial charge in [-0.25, -0.2) is 10.9 Å². The van der Waals surface area contributed by atoms with Crippen LogP contribution in [0.5, 0.6) is 23.0 Å². The van der Waals surface area contributed by atoms with Crippen LogP contribution in [0.25, 0.3) is 49.2 Å². The summed E-state index contributed by atoms with van der Waals surface area (Å²) in [4.78, 5) is 28.4. The van der Waals surface area contributed by atoms with E-state index in [0.29, 0.717) is 80.4 Å². The molecule has 1 aliphatic rings. The van der Waals surface area contributed by atoms with Gasteiger partial charge in [-0.05, 0) is 18.7 Å². The van der Waals surface area contributed by atoms with E-state index in [2.05, 4.69) is 21.7 Å². The second kappa shape index (κ2) is 9.83. The van der Waals surface area contributed by atoms with Gasteiger partial charge in [-0.2, -0.15) is 0 Å². The van der Waals surface area contributed by atoms with E-state index in [9.17, 15) is 14.7 Å². The summed E-state index contributed by atoms with van der Waals surface area (Å²) in [6, 6.07) is 3.21. The largest absolute Gasteiger partial charge is 0.507 e. The maximum Gasteiger partial charge on any atom is 0.232 e. The van der Waals surface area contributed by atoms with E-state index in [1.165, 1.54) is 20.3 Å². The molecule has 0 atom stereocenters. The number of methoxy groups -OCH3 is 3. The van der Waals surface area contributed by atoms with E-state index in [4.69, 9.17) is 14.2 Å².